The van der Waals surface area contributed by atoms with E-state index in [0.29, 0.717) is 0 Å². The van der Waals surface area contributed by atoms with E-state index in [9.17, 15) is 34.2 Å². The first kappa shape index (κ1) is 28.3. The predicted octanol–water partition coefficient (Wildman–Crippen LogP) is -1.59. The molecule has 0 saturated carbocycles. The number of carboxylic acid groups (broad SMARTS) is 2. The fourth-order valence-corrected chi connectivity index (χ4v) is 2.57. The van der Waals surface area contributed by atoms with Gasteiger partial charge in [-0.25, -0.2) is 4.79 Å². The Morgan fingerprint density at radius 3 is 1.65 bits per heavy atom. The summed E-state index contributed by atoms with van der Waals surface area (Å²) in [7, 11) is 0. The van der Waals surface area contributed by atoms with Gasteiger partial charge >= 0.3 is 11.9 Å². The zero-order chi connectivity index (χ0) is 24.5. The number of hydrogen-bond donors (Lipinski definition) is 7. The van der Waals surface area contributed by atoms with Crippen LogP contribution in [0, 0.1) is 11.8 Å². The second kappa shape index (κ2) is 12.8. The van der Waals surface area contributed by atoms with Crippen LogP contribution < -0.4 is 21.7 Å². The minimum Gasteiger partial charge on any atom is -0.481 e. The van der Waals surface area contributed by atoms with Crippen molar-refractivity contribution in [2.45, 2.75) is 77.7 Å². The highest BCUT2D eigenvalue weighted by atomic mass is 16.4. The molecule has 12 nitrogen and oxygen atoms in total. The lowest BCUT2D eigenvalue weighted by molar-refractivity contribution is -0.144. The SMILES string of the molecule is CC(C)C(NC(=O)C(CCC(=O)O)NC(=O)C(NC(=O)C(N)C(C)O)C(C)C)C(=O)O. The van der Waals surface area contributed by atoms with Crippen LogP contribution in [0.2, 0.25) is 0 Å². The molecule has 0 spiro atoms. The molecule has 0 saturated heterocycles. The van der Waals surface area contributed by atoms with E-state index in [0.717, 1.165) is 0 Å². The summed E-state index contributed by atoms with van der Waals surface area (Å²) in [5.41, 5.74) is 5.57. The van der Waals surface area contributed by atoms with Crippen LogP contribution >= 0.6 is 0 Å². The fraction of sp³-hybridized carbons (Fsp3) is 0.737. The molecule has 5 unspecified atom stereocenters. The highest BCUT2D eigenvalue weighted by Gasteiger charge is 2.33. The number of aliphatic carboxylic acids is 2. The number of carboxylic acids is 2. The second-order valence-corrected chi connectivity index (χ2v) is 8.06. The zero-order valence-corrected chi connectivity index (χ0v) is 18.4. The number of nitrogens with one attached hydrogen (secondary N) is 3. The van der Waals surface area contributed by atoms with Crippen LogP contribution in [0.25, 0.3) is 0 Å². The molecule has 178 valence electrons. The summed E-state index contributed by atoms with van der Waals surface area (Å²) in [5.74, 6) is -5.78. The summed E-state index contributed by atoms with van der Waals surface area (Å²) in [6.45, 7) is 7.74. The van der Waals surface area contributed by atoms with Crippen LogP contribution in [0.3, 0.4) is 0 Å². The number of carbonyl (C=O) groups excluding carboxylic acids is 3. The quantitative estimate of drug-likeness (QED) is 0.174. The Morgan fingerprint density at radius 2 is 1.26 bits per heavy atom. The van der Waals surface area contributed by atoms with Gasteiger partial charge in [0.1, 0.15) is 24.2 Å². The van der Waals surface area contributed by atoms with Crippen molar-refractivity contribution in [1.82, 2.24) is 16.0 Å². The fourth-order valence-electron chi connectivity index (χ4n) is 2.57. The van der Waals surface area contributed by atoms with E-state index < -0.39 is 78.2 Å². The van der Waals surface area contributed by atoms with Crippen molar-refractivity contribution in [2.75, 3.05) is 0 Å². The maximum atomic E-state index is 12.8. The number of amides is 3. The smallest absolute Gasteiger partial charge is 0.326 e. The maximum absolute atomic E-state index is 12.8. The lowest BCUT2D eigenvalue weighted by Gasteiger charge is -2.27. The standard InChI is InChI=1S/C19H34N4O8/c1-8(2)14(22-17(28)13(20)10(5)24)18(29)21-11(6-7-12(25)26)16(27)23-15(9(3)4)19(30)31/h8-11,13-15,24H,6-7,20H2,1-5H3,(H,21,29)(H,22,28)(H,23,27)(H,25,26)(H,30,31). The van der Waals surface area contributed by atoms with Crippen LogP contribution in [0.4, 0.5) is 0 Å². The summed E-state index contributed by atoms with van der Waals surface area (Å²) in [6.07, 6.45) is -1.90. The lowest BCUT2D eigenvalue weighted by atomic mass is 10.0. The van der Waals surface area contributed by atoms with E-state index in [4.69, 9.17) is 10.8 Å². The summed E-state index contributed by atoms with van der Waals surface area (Å²) >= 11 is 0. The van der Waals surface area contributed by atoms with Gasteiger partial charge in [0.25, 0.3) is 0 Å². The van der Waals surface area contributed by atoms with Gasteiger partial charge in [-0.05, 0) is 25.2 Å². The average Bonchev–Trinajstić information content (AvgIpc) is 2.64. The first-order valence-corrected chi connectivity index (χ1v) is 9.98. The number of aliphatic hydroxyl groups excluding tert-OH is 1. The van der Waals surface area contributed by atoms with E-state index in [1.165, 1.54) is 6.92 Å². The Hall–Kier alpha value is -2.73. The van der Waals surface area contributed by atoms with E-state index in [2.05, 4.69) is 16.0 Å². The number of rotatable bonds is 13. The Kier molecular flexibility index (Phi) is 11.7. The van der Waals surface area contributed by atoms with Crippen molar-refractivity contribution in [3.63, 3.8) is 0 Å². The second-order valence-electron chi connectivity index (χ2n) is 8.06. The molecule has 0 rings (SSSR count). The molecule has 31 heavy (non-hydrogen) atoms. The van der Waals surface area contributed by atoms with Crippen LogP contribution in [0.15, 0.2) is 0 Å². The van der Waals surface area contributed by atoms with Gasteiger partial charge in [-0.1, -0.05) is 27.7 Å². The molecular weight excluding hydrogens is 412 g/mol. The summed E-state index contributed by atoms with van der Waals surface area (Å²) < 4.78 is 0. The topological polar surface area (TPSA) is 208 Å². The Bertz CT molecular complexity index is 665. The third kappa shape index (κ3) is 9.75. The van der Waals surface area contributed by atoms with E-state index in [-0.39, 0.29) is 6.42 Å². The van der Waals surface area contributed by atoms with Gasteiger partial charge < -0.3 is 37.0 Å². The lowest BCUT2D eigenvalue weighted by Crippen LogP contribution is -2.59. The molecule has 0 fully saturated rings. The van der Waals surface area contributed by atoms with Crippen LogP contribution in [-0.2, 0) is 24.0 Å². The first-order valence-electron chi connectivity index (χ1n) is 9.98. The molecule has 5 atom stereocenters. The summed E-state index contributed by atoms with van der Waals surface area (Å²) in [4.78, 5) is 59.8. The molecule has 8 N–H and O–H groups in total. The highest BCUT2D eigenvalue weighted by Crippen LogP contribution is 2.08. The van der Waals surface area contributed by atoms with Crippen molar-refractivity contribution in [1.29, 1.82) is 0 Å². The van der Waals surface area contributed by atoms with Crippen molar-refractivity contribution >= 4 is 29.7 Å². The van der Waals surface area contributed by atoms with E-state index >= 15 is 0 Å². The molecule has 0 aliphatic rings. The van der Waals surface area contributed by atoms with Gasteiger partial charge in [-0.2, -0.15) is 0 Å². The number of aliphatic hydroxyl groups is 1. The minimum absolute atomic E-state index is 0.288. The number of nitrogens with two attached hydrogens (primary N) is 1. The Morgan fingerprint density at radius 1 is 0.774 bits per heavy atom. The van der Waals surface area contributed by atoms with E-state index in [1.54, 1.807) is 27.7 Å². The highest BCUT2D eigenvalue weighted by molar-refractivity contribution is 5.94. The molecule has 0 heterocycles. The van der Waals surface area contributed by atoms with Gasteiger partial charge in [0.05, 0.1) is 6.10 Å². The third-order valence-corrected chi connectivity index (χ3v) is 4.58. The van der Waals surface area contributed by atoms with Gasteiger partial charge in [0.15, 0.2) is 0 Å². The molecule has 12 heteroatoms. The molecular formula is C19H34N4O8. The van der Waals surface area contributed by atoms with Gasteiger partial charge in [0, 0.05) is 6.42 Å². The van der Waals surface area contributed by atoms with Crippen molar-refractivity contribution in [2.24, 2.45) is 17.6 Å². The largest absolute Gasteiger partial charge is 0.481 e. The van der Waals surface area contributed by atoms with Crippen LogP contribution in [0.5, 0.6) is 0 Å². The summed E-state index contributed by atoms with van der Waals surface area (Å²) in [5, 5.41) is 34.7. The minimum atomic E-state index is -1.34. The molecule has 0 aromatic rings. The summed E-state index contributed by atoms with van der Waals surface area (Å²) in [6, 6.07) is -4.98. The van der Waals surface area contributed by atoms with Crippen LogP contribution in [-0.4, -0.2) is 75.3 Å². The predicted molar refractivity (Wildman–Crippen MR) is 110 cm³/mol. The average molecular weight is 447 g/mol. The van der Waals surface area contributed by atoms with E-state index in [1.807, 2.05) is 0 Å². The van der Waals surface area contributed by atoms with Gasteiger partial charge in [-0.15, -0.1) is 0 Å². The Balaban J connectivity index is 5.51. The Labute approximate surface area is 180 Å². The molecule has 0 aliphatic carbocycles. The van der Waals surface area contributed by atoms with Gasteiger partial charge in [0.2, 0.25) is 17.7 Å². The molecule has 0 aromatic heterocycles. The normalized spacial score (nSPS) is 16.0. The number of carbonyl (C=O) groups is 5. The number of hydrogen-bond acceptors (Lipinski definition) is 7. The zero-order valence-electron chi connectivity index (χ0n) is 18.4. The monoisotopic (exact) mass is 446 g/mol. The van der Waals surface area contributed by atoms with Crippen LogP contribution in [0.1, 0.15) is 47.5 Å². The molecule has 0 bridgehead atoms. The molecule has 3 amide bonds. The molecule has 0 aromatic carbocycles. The first-order chi connectivity index (χ1) is 14.2. The van der Waals surface area contributed by atoms with Gasteiger partial charge in [-0.3, -0.25) is 19.2 Å². The third-order valence-electron chi connectivity index (χ3n) is 4.58. The maximum Gasteiger partial charge on any atom is 0.326 e. The molecule has 0 radical (unpaired) electrons. The van der Waals surface area contributed by atoms with Crippen molar-refractivity contribution in [3.05, 3.63) is 0 Å². The van der Waals surface area contributed by atoms with Crippen molar-refractivity contribution < 1.29 is 39.3 Å². The molecule has 0 aliphatic heterocycles. The van der Waals surface area contributed by atoms with Crippen molar-refractivity contribution in [3.8, 4) is 0 Å².